The summed E-state index contributed by atoms with van der Waals surface area (Å²) in [6.07, 6.45) is 5.53. The summed E-state index contributed by atoms with van der Waals surface area (Å²) in [4.78, 5) is 0.346. The second kappa shape index (κ2) is 7.07. The number of hydrogen-bond acceptors (Lipinski definition) is 3. The van der Waals surface area contributed by atoms with E-state index in [1.807, 2.05) is 30.3 Å². The lowest BCUT2D eigenvalue weighted by molar-refractivity contribution is 0.246. The number of aromatic nitrogens is 2. The lowest BCUT2D eigenvalue weighted by Gasteiger charge is -2.33. The molecule has 1 unspecified atom stereocenters. The number of aryl methyl sites for hydroxylation is 1. The lowest BCUT2D eigenvalue weighted by Crippen LogP contribution is -2.43. The fraction of sp³-hybridized carbons (Fsp3) is 0.500. The molecule has 130 valence electrons. The zero-order valence-electron chi connectivity index (χ0n) is 14.4. The van der Waals surface area contributed by atoms with Crippen molar-refractivity contribution < 1.29 is 8.42 Å². The smallest absolute Gasteiger partial charge is 0.246 e. The van der Waals surface area contributed by atoms with E-state index in [0.717, 1.165) is 31.2 Å². The molecule has 2 heterocycles. The summed E-state index contributed by atoms with van der Waals surface area (Å²) in [6, 6.07) is 10.1. The largest absolute Gasteiger partial charge is 0.267 e. The Kier molecular flexibility index (Phi) is 5.06. The van der Waals surface area contributed by atoms with Gasteiger partial charge < -0.3 is 0 Å². The van der Waals surface area contributed by atoms with Crippen molar-refractivity contribution in [2.45, 2.75) is 57.0 Å². The van der Waals surface area contributed by atoms with E-state index in [4.69, 9.17) is 0 Å². The topological polar surface area (TPSA) is 55.2 Å². The highest BCUT2D eigenvalue weighted by Crippen LogP contribution is 2.28. The Balaban J connectivity index is 1.88. The Morgan fingerprint density at radius 2 is 1.96 bits per heavy atom. The van der Waals surface area contributed by atoms with Crippen LogP contribution in [0, 0.1) is 6.92 Å². The first-order chi connectivity index (χ1) is 11.5. The van der Waals surface area contributed by atoms with Gasteiger partial charge in [-0.3, -0.25) is 4.68 Å². The van der Waals surface area contributed by atoms with Gasteiger partial charge in [0.2, 0.25) is 10.0 Å². The van der Waals surface area contributed by atoms with Crippen molar-refractivity contribution in [2.24, 2.45) is 0 Å². The van der Waals surface area contributed by atoms with Crippen molar-refractivity contribution in [3.8, 4) is 0 Å². The Bertz CT molecular complexity index is 784. The van der Waals surface area contributed by atoms with E-state index >= 15 is 0 Å². The average molecular weight is 347 g/mol. The van der Waals surface area contributed by atoms with Crippen molar-refractivity contribution in [1.82, 2.24) is 14.1 Å². The van der Waals surface area contributed by atoms with Crippen molar-refractivity contribution in [2.75, 3.05) is 6.54 Å². The van der Waals surface area contributed by atoms with Gasteiger partial charge in [-0.1, -0.05) is 43.7 Å². The Morgan fingerprint density at radius 1 is 1.21 bits per heavy atom. The summed E-state index contributed by atoms with van der Waals surface area (Å²) in [7, 11) is -3.48. The standard InChI is InChI=1S/C18H25N3O2S/c1-3-17-11-7-8-12-21(17)24(22,23)18-14-20(19-15(18)2)13-16-9-5-4-6-10-16/h4-6,9-10,14,17H,3,7-8,11-13H2,1-2H3. The van der Waals surface area contributed by atoms with Crippen molar-refractivity contribution in [3.63, 3.8) is 0 Å². The first kappa shape index (κ1) is 17.2. The molecular formula is C18H25N3O2S. The zero-order valence-corrected chi connectivity index (χ0v) is 15.2. The van der Waals surface area contributed by atoms with Gasteiger partial charge in [0, 0.05) is 18.8 Å². The molecule has 1 aromatic heterocycles. The normalized spacial score (nSPS) is 19.5. The summed E-state index contributed by atoms with van der Waals surface area (Å²) in [6.45, 7) is 5.03. The van der Waals surface area contributed by atoms with Gasteiger partial charge in [-0.25, -0.2) is 8.42 Å². The van der Waals surface area contributed by atoms with Gasteiger partial charge in [0.05, 0.1) is 12.2 Å². The highest BCUT2D eigenvalue weighted by atomic mass is 32.2. The van der Waals surface area contributed by atoms with E-state index < -0.39 is 10.0 Å². The molecule has 5 nitrogen and oxygen atoms in total. The molecule has 0 bridgehead atoms. The molecule has 0 amide bonds. The van der Waals surface area contributed by atoms with E-state index in [1.165, 1.54) is 0 Å². The Morgan fingerprint density at radius 3 is 2.67 bits per heavy atom. The van der Waals surface area contributed by atoms with Crippen LogP contribution in [0.15, 0.2) is 41.4 Å². The second-order valence-electron chi connectivity index (χ2n) is 6.44. The zero-order chi connectivity index (χ0) is 17.2. The molecule has 6 heteroatoms. The number of hydrogen-bond donors (Lipinski definition) is 0. The summed E-state index contributed by atoms with van der Waals surface area (Å²) < 4.78 is 29.6. The van der Waals surface area contributed by atoms with E-state index in [1.54, 1.807) is 22.1 Å². The van der Waals surface area contributed by atoms with E-state index in [0.29, 0.717) is 23.7 Å². The number of rotatable bonds is 5. The maximum Gasteiger partial charge on any atom is 0.246 e. The van der Waals surface area contributed by atoms with Gasteiger partial charge in [0.1, 0.15) is 4.90 Å². The third kappa shape index (κ3) is 3.39. The molecule has 0 radical (unpaired) electrons. The third-order valence-corrected chi connectivity index (χ3v) is 6.77. The second-order valence-corrected chi connectivity index (χ2v) is 8.29. The highest BCUT2D eigenvalue weighted by Gasteiger charge is 2.34. The van der Waals surface area contributed by atoms with Crippen molar-refractivity contribution in [1.29, 1.82) is 0 Å². The molecule has 1 fully saturated rings. The van der Waals surface area contributed by atoms with Crippen LogP contribution in [0.1, 0.15) is 43.9 Å². The molecule has 3 rings (SSSR count). The van der Waals surface area contributed by atoms with E-state index in [9.17, 15) is 8.42 Å². The van der Waals surface area contributed by atoms with Gasteiger partial charge in [-0.15, -0.1) is 0 Å². The van der Waals surface area contributed by atoms with Gasteiger partial charge >= 0.3 is 0 Å². The molecule has 1 saturated heterocycles. The number of sulfonamides is 1. The number of nitrogens with zero attached hydrogens (tertiary/aromatic N) is 3. The first-order valence-electron chi connectivity index (χ1n) is 8.62. The molecular weight excluding hydrogens is 322 g/mol. The minimum atomic E-state index is -3.48. The van der Waals surface area contributed by atoms with Crippen LogP contribution in [0.3, 0.4) is 0 Å². The minimum Gasteiger partial charge on any atom is -0.267 e. The maximum atomic E-state index is 13.1. The Labute approximate surface area is 144 Å². The quantitative estimate of drug-likeness (QED) is 0.835. The minimum absolute atomic E-state index is 0.112. The molecule has 0 saturated carbocycles. The molecule has 0 aliphatic carbocycles. The molecule has 2 aromatic rings. The average Bonchev–Trinajstić information content (AvgIpc) is 2.97. The van der Waals surface area contributed by atoms with Crippen LogP contribution in [0.2, 0.25) is 0 Å². The van der Waals surface area contributed by atoms with Crippen LogP contribution in [-0.2, 0) is 16.6 Å². The SMILES string of the molecule is CCC1CCCCN1S(=O)(=O)c1cn(Cc2ccccc2)nc1C. The van der Waals surface area contributed by atoms with Crippen LogP contribution in [0.4, 0.5) is 0 Å². The Hall–Kier alpha value is -1.66. The van der Waals surface area contributed by atoms with Gasteiger partial charge in [-0.05, 0) is 31.7 Å². The molecule has 0 spiro atoms. The molecule has 0 N–H and O–H groups in total. The summed E-state index contributed by atoms with van der Waals surface area (Å²) >= 11 is 0. The monoisotopic (exact) mass is 347 g/mol. The number of benzene rings is 1. The lowest BCUT2D eigenvalue weighted by atomic mass is 10.0. The maximum absolute atomic E-state index is 13.1. The van der Waals surface area contributed by atoms with Crippen LogP contribution in [0.5, 0.6) is 0 Å². The summed E-state index contributed by atoms with van der Waals surface area (Å²) in [5, 5.41) is 4.43. The van der Waals surface area contributed by atoms with E-state index in [2.05, 4.69) is 12.0 Å². The van der Waals surface area contributed by atoms with Gasteiger partial charge in [-0.2, -0.15) is 9.40 Å². The van der Waals surface area contributed by atoms with Crippen LogP contribution in [0.25, 0.3) is 0 Å². The van der Waals surface area contributed by atoms with Crippen molar-refractivity contribution >= 4 is 10.0 Å². The van der Waals surface area contributed by atoms with Gasteiger partial charge in [0.15, 0.2) is 0 Å². The molecule has 1 aromatic carbocycles. The highest BCUT2D eigenvalue weighted by molar-refractivity contribution is 7.89. The predicted octanol–water partition coefficient (Wildman–Crippen LogP) is 3.19. The first-order valence-corrected chi connectivity index (χ1v) is 10.1. The van der Waals surface area contributed by atoms with Crippen LogP contribution >= 0.6 is 0 Å². The summed E-state index contributed by atoms with van der Waals surface area (Å²) in [5.41, 5.74) is 1.68. The molecule has 1 atom stereocenters. The molecule has 1 aliphatic heterocycles. The van der Waals surface area contributed by atoms with Crippen molar-refractivity contribution in [3.05, 3.63) is 47.8 Å². The molecule has 1 aliphatic rings. The van der Waals surface area contributed by atoms with E-state index in [-0.39, 0.29) is 6.04 Å². The van der Waals surface area contributed by atoms with Crippen LogP contribution in [-0.4, -0.2) is 35.1 Å². The summed E-state index contributed by atoms with van der Waals surface area (Å²) in [5.74, 6) is 0. The van der Waals surface area contributed by atoms with Crippen LogP contribution < -0.4 is 0 Å². The fourth-order valence-corrected chi connectivity index (χ4v) is 5.37. The third-order valence-electron chi connectivity index (χ3n) is 4.72. The van der Waals surface area contributed by atoms with Gasteiger partial charge in [0.25, 0.3) is 0 Å². The fourth-order valence-electron chi connectivity index (χ4n) is 3.43. The predicted molar refractivity (Wildman–Crippen MR) is 94.3 cm³/mol. The number of piperidine rings is 1. The molecule has 24 heavy (non-hydrogen) atoms.